The van der Waals surface area contributed by atoms with Gasteiger partial charge in [-0.25, -0.2) is 4.98 Å². The van der Waals surface area contributed by atoms with Crippen LogP contribution in [0.15, 0.2) is 12.3 Å². The third-order valence-electron chi connectivity index (χ3n) is 3.98. The van der Waals surface area contributed by atoms with Crippen LogP contribution in [0.5, 0.6) is 0 Å². The first-order chi connectivity index (χ1) is 11.0. The minimum Gasteiger partial charge on any atom is -0.361 e. The second kappa shape index (κ2) is 7.86. The number of carbonyl (C=O) groups is 1. The van der Waals surface area contributed by atoms with Crippen molar-refractivity contribution in [2.45, 2.75) is 59.2 Å². The zero-order chi connectivity index (χ0) is 16.9. The predicted octanol–water partition coefficient (Wildman–Crippen LogP) is 3.02. The van der Waals surface area contributed by atoms with E-state index in [1.54, 1.807) is 4.57 Å². The van der Waals surface area contributed by atoms with Crippen LogP contribution in [0.1, 0.15) is 56.8 Å². The molecule has 1 fully saturated rings. The summed E-state index contributed by atoms with van der Waals surface area (Å²) in [4.78, 5) is 16.0. The number of hydrogen-bond donors (Lipinski definition) is 0. The molecule has 0 N–H and O–H groups in total. The van der Waals surface area contributed by atoms with Crippen molar-refractivity contribution >= 4 is 11.9 Å². The molecule has 2 rings (SSSR count). The number of nitrogens with zero attached hydrogens (tertiary/aromatic N) is 2. The van der Waals surface area contributed by atoms with Crippen LogP contribution >= 0.6 is 0 Å². The zero-order valence-electron chi connectivity index (χ0n) is 14.4. The molecule has 0 aromatic carbocycles. The molecule has 1 atom stereocenters. The second-order valence-electron chi connectivity index (χ2n) is 5.58. The van der Waals surface area contributed by atoms with Gasteiger partial charge in [-0.2, -0.15) is 0 Å². The first kappa shape index (κ1) is 17.8. The van der Waals surface area contributed by atoms with Crippen LogP contribution in [-0.2, 0) is 20.9 Å². The molecule has 0 aliphatic carbocycles. The number of carbonyl (C=O) groups excluding carboxylic acids is 1. The fourth-order valence-electron chi connectivity index (χ4n) is 2.58. The highest BCUT2D eigenvalue weighted by atomic mass is 16.7. The molecule has 1 aromatic rings. The molecule has 23 heavy (non-hydrogen) atoms. The van der Waals surface area contributed by atoms with Crippen LogP contribution in [0, 0.1) is 0 Å². The highest BCUT2D eigenvalue weighted by molar-refractivity contribution is 5.90. The molecule has 6 heteroatoms. The molecule has 1 aliphatic heterocycles. The Hall–Kier alpha value is -1.50. The summed E-state index contributed by atoms with van der Waals surface area (Å²) in [6.45, 7) is 8.99. The monoisotopic (exact) mass is 322 g/mol. The molecule has 1 saturated heterocycles. The Morgan fingerprint density at radius 1 is 1.48 bits per heavy atom. The Labute approximate surface area is 137 Å². The van der Waals surface area contributed by atoms with Crippen molar-refractivity contribution in [3.8, 4) is 0 Å². The number of ether oxygens (including phenoxy) is 3. The predicted molar refractivity (Wildman–Crippen MR) is 87.0 cm³/mol. The molecule has 1 aliphatic rings. The maximum Gasteiger partial charge on any atom is 0.195 e. The molecular formula is C17H26N2O4. The summed E-state index contributed by atoms with van der Waals surface area (Å²) in [6, 6.07) is 0. The number of ketones is 1. The van der Waals surface area contributed by atoms with Gasteiger partial charge in [0.05, 0.1) is 12.3 Å². The Morgan fingerprint density at radius 3 is 2.78 bits per heavy atom. The van der Waals surface area contributed by atoms with Gasteiger partial charge >= 0.3 is 0 Å². The van der Waals surface area contributed by atoms with E-state index >= 15 is 0 Å². The van der Waals surface area contributed by atoms with Gasteiger partial charge in [0.2, 0.25) is 0 Å². The highest BCUT2D eigenvalue weighted by Gasteiger charge is 2.37. The lowest BCUT2D eigenvalue weighted by Gasteiger charge is -2.24. The van der Waals surface area contributed by atoms with Crippen molar-refractivity contribution in [3.63, 3.8) is 0 Å². The van der Waals surface area contributed by atoms with Crippen LogP contribution in [0.25, 0.3) is 6.08 Å². The summed E-state index contributed by atoms with van der Waals surface area (Å²) < 4.78 is 18.9. The molecule has 0 spiro atoms. The van der Waals surface area contributed by atoms with Crippen molar-refractivity contribution in [3.05, 3.63) is 23.8 Å². The van der Waals surface area contributed by atoms with Gasteiger partial charge in [-0.3, -0.25) is 4.79 Å². The summed E-state index contributed by atoms with van der Waals surface area (Å²) in [6.07, 6.45) is 7.17. The molecular weight excluding hydrogens is 296 g/mol. The molecule has 2 heterocycles. The molecule has 0 saturated carbocycles. The normalized spacial score (nSPS) is 20.4. The van der Waals surface area contributed by atoms with E-state index in [1.807, 2.05) is 25.3 Å². The molecule has 0 unspecified atom stereocenters. The van der Waals surface area contributed by atoms with Gasteiger partial charge in [0.25, 0.3) is 0 Å². The van der Waals surface area contributed by atoms with Crippen LogP contribution in [0.3, 0.4) is 0 Å². The maximum absolute atomic E-state index is 11.7. The summed E-state index contributed by atoms with van der Waals surface area (Å²) >= 11 is 0. The van der Waals surface area contributed by atoms with Gasteiger partial charge in [-0.05, 0) is 25.8 Å². The van der Waals surface area contributed by atoms with Crippen molar-refractivity contribution < 1.29 is 19.0 Å². The summed E-state index contributed by atoms with van der Waals surface area (Å²) in [5, 5.41) is 0. The lowest BCUT2D eigenvalue weighted by molar-refractivity contribution is -0.167. The third-order valence-corrected chi connectivity index (χ3v) is 3.98. The van der Waals surface area contributed by atoms with E-state index < -0.39 is 5.79 Å². The minimum atomic E-state index is -0.464. The number of imidazole rings is 1. The average Bonchev–Trinajstić information content (AvgIpc) is 3.15. The summed E-state index contributed by atoms with van der Waals surface area (Å²) in [5.74, 6) is -0.146. The Morgan fingerprint density at radius 2 is 2.22 bits per heavy atom. The Balaban J connectivity index is 2.07. The van der Waals surface area contributed by atoms with E-state index in [1.165, 1.54) is 6.92 Å². The lowest BCUT2D eigenvalue weighted by Crippen LogP contribution is -2.28. The van der Waals surface area contributed by atoms with Crippen molar-refractivity contribution in [2.24, 2.45) is 0 Å². The van der Waals surface area contributed by atoms with Gasteiger partial charge in [0.15, 0.2) is 17.4 Å². The molecule has 0 radical (unpaired) electrons. The molecule has 0 amide bonds. The molecule has 128 valence electrons. The van der Waals surface area contributed by atoms with Gasteiger partial charge in [0.1, 0.15) is 12.8 Å². The van der Waals surface area contributed by atoms with Gasteiger partial charge in [-0.15, -0.1) is 0 Å². The third kappa shape index (κ3) is 4.28. The van der Waals surface area contributed by atoms with E-state index in [9.17, 15) is 4.79 Å². The van der Waals surface area contributed by atoms with E-state index in [0.717, 1.165) is 12.8 Å². The van der Waals surface area contributed by atoms with Crippen molar-refractivity contribution in [1.82, 2.24) is 9.55 Å². The molecule has 1 aromatic heterocycles. The Kier molecular flexibility index (Phi) is 6.10. The number of hydrogen-bond acceptors (Lipinski definition) is 5. The van der Waals surface area contributed by atoms with Crippen molar-refractivity contribution in [1.29, 1.82) is 0 Å². The second-order valence-corrected chi connectivity index (χ2v) is 5.58. The quantitative estimate of drug-likeness (QED) is 0.688. The van der Waals surface area contributed by atoms with E-state index in [-0.39, 0.29) is 11.9 Å². The molecule has 0 bridgehead atoms. The summed E-state index contributed by atoms with van der Waals surface area (Å²) in [7, 11) is 0. The average molecular weight is 322 g/mol. The standard InChI is InChI=1S/C17H26N2O4/c1-5-17(6-2)22-11-15(23-17)9-8-14-10-19(12-21-7-3)16(18-14)13(4)20/h8-10,15H,5-7,11-12H2,1-4H3/b9-8+/t15-/m1/s1. The zero-order valence-corrected chi connectivity index (χ0v) is 14.4. The van der Waals surface area contributed by atoms with E-state index in [2.05, 4.69) is 18.8 Å². The SMILES string of the molecule is CCOCn1cc(/C=C/[C@@H]2COC(CC)(CC)O2)nc1C(C)=O. The highest BCUT2D eigenvalue weighted by Crippen LogP contribution is 2.30. The van der Waals surface area contributed by atoms with Crippen LogP contribution < -0.4 is 0 Å². The largest absolute Gasteiger partial charge is 0.361 e. The van der Waals surface area contributed by atoms with E-state index in [4.69, 9.17) is 14.2 Å². The fourth-order valence-corrected chi connectivity index (χ4v) is 2.58. The number of aromatic nitrogens is 2. The van der Waals surface area contributed by atoms with Crippen LogP contribution in [0.4, 0.5) is 0 Å². The van der Waals surface area contributed by atoms with E-state index in [0.29, 0.717) is 31.5 Å². The first-order valence-electron chi connectivity index (χ1n) is 8.19. The number of rotatable bonds is 8. The van der Waals surface area contributed by atoms with Gasteiger partial charge in [-0.1, -0.05) is 19.9 Å². The maximum atomic E-state index is 11.7. The topological polar surface area (TPSA) is 62.6 Å². The lowest BCUT2D eigenvalue weighted by atomic mass is 10.1. The van der Waals surface area contributed by atoms with Crippen molar-refractivity contribution in [2.75, 3.05) is 13.2 Å². The van der Waals surface area contributed by atoms with Gasteiger partial charge in [0, 0.05) is 19.7 Å². The fraction of sp³-hybridized carbons (Fsp3) is 0.647. The Bertz CT molecular complexity index is 561. The smallest absolute Gasteiger partial charge is 0.195 e. The number of Topliss-reactive ketones (excluding diaryl/α,β-unsaturated/α-hetero) is 1. The van der Waals surface area contributed by atoms with Crippen LogP contribution in [0.2, 0.25) is 0 Å². The summed E-state index contributed by atoms with van der Waals surface area (Å²) in [5.41, 5.74) is 0.712. The van der Waals surface area contributed by atoms with Crippen LogP contribution in [-0.4, -0.2) is 40.4 Å². The minimum absolute atomic E-state index is 0.0826. The molecule has 6 nitrogen and oxygen atoms in total. The van der Waals surface area contributed by atoms with Gasteiger partial charge < -0.3 is 18.8 Å². The first-order valence-corrected chi connectivity index (χ1v) is 8.19.